The summed E-state index contributed by atoms with van der Waals surface area (Å²) in [5.41, 5.74) is 9.53. The van der Waals surface area contributed by atoms with Crippen LogP contribution in [-0.2, 0) is 0 Å². The topological polar surface area (TPSA) is 56.9 Å². The van der Waals surface area contributed by atoms with Gasteiger partial charge in [-0.05, 0) is 77.7 Å². The first kappa shape index (κ1) is 32.2. The van der Waals surface area contributed by atoms with Crippen molar-refractivity contribution >= 4 is 86.9 Å². The minimum atomic E-state index is -0.301. The molecule has 0 amide bonds. The molecule has 4 heterocycles. The minimum absolute atomic E-state index is 0.142. The average molecular weight is 750 g/mol. The molecule has 0 spiro atoms. The zero-order valence-electron chi connectivity index (χ0n) is 30.7. The van der Waals surface area contributed by atoms with Crippen molar-refractivity contribution in [2.75, 3.05) is 0 Å². The molecule has 10 aromatic rings. The van der Waals surface area contributed by atoms with Crippen LogP contribution >= 0.6 is 11.3 Å². The maximum Gasteiger partial charge on any atom is 0.144 e. The van der Waals surface area contributed by atoms with E-state index in [0.29, 0.717) is 11.7 Å². The van der Waals surface area contributed by atoms with Gasteiger partial charge in [0, 0.05) is 58.9 Å². The largest absolute Gasteiger partial charge is 0.455 e. The van der Waals surface area contributed by atoms with Gasteiger partial charge in [0.05, 0.1) is 23.0 Å². The Labute approximate surface area is 332 Å². The van der Waals surface area contributed by atoms with Crippen LogP contribution < -0.4 is 0 Å². The number of hydrogen-bond donors (Lipinski definition) is 0. The van der Waals surface area contributed by atoms with Crippen molar-refractivity contribution in [1.29, 1.82) is 0 Å². The van der Waals surface area contributed by atoms with E-state index in [0.717, 1.165) is 45.2 Å². The molecule has 0 radical (unpaired) electrons. The fourth-order valence-electron chi connectivity index (χ4n) is 8.84. The summed E-state index contributed by atoms with van der Waals surface area (Å²) in [5.74, 6) is 1.49. The molecule has 270 valence electrons. The molecule has 7 aromatic carbocycles. The molecule has 6 heteroatoms. The van der Waals surface area contributed by atoms with Gasteiger partial charge in [0.25, 0.3) is 0 Å². The van der Waals surface area contributed by atoms with Gasteiger partial charge in [0.15, 0.2) is 0 Å². The van der Waals surface area contributed by atoms with Crippen LogP contribution in [0.25, 0.3) is 86.0 Å². The van der Waals surface area contributed by atoms with Crippen molar-refractivity contribution in [3.63, 3.8) is 0 Å². The van der Waals surface area contributed by atoms with Crippen LogP contribution in [0.15, 0.2) is 190 Å². The first-order valence-electron chi connectivity index (χ1n) is 19.4. The van der Waals surface area contributed by atoms with E-state index in [-0.39, 0.29) is 12.1 Å². The number of furan rings is 1. The van der Waals surface area contributed by atoms with E-state index in [1.54, 1.807) is 0 Å². The van der Waals surface area contributed by atoms with Crippen LogP contribution in [0.1, 0.15) is 17.5 Å². The molecule has 0 fully saturated rings. The lowest BCUT2D eigenvalue weighted by atomic mass is 9.96. The van der Waals surface area contributed by atoms with E-state index < -0.39 is 0 Å². The molecule has 5 nitrogen and oxygen atoms in total. The van der Waals surface area contributed by atoms with E-state index in [1.807, 2.05) is 29.5 Å². The molecule has 0 saturated heterocycles. The van der Waals surface area contributed by atoms with Crippen molar-refractivity contribution in [2.45, 2.75) is 12.6 Å². The van der Waals surface area contributed by atoms with Gasteiger partial charge in [-0.25, -0.2) is 0 Å². The molecule has 1 aliphatic heterocycles. The normalized spacial score (nSPS) is 16.9. The zero-order chi connectivity index (χ0) is 37.5. The van der Waals surface area contributed by atoms with Gasteiger partial charge in [-0.2, -0.15) is 0 Å². The van der Waals surface area contributed by atoms with Gasteiger partial charge in [-0.1, -0.05) is 127 Å². The molecule has 3 aromatic heterocycles. The molecular formula is C51H33N4OS-. The maximum atomic E-state index is 6.45. The van der Waals surface area contributed by atoms with Gasteiger partial charge in [0.1, 0.15) is 11.2 Å². The standard InChI is InChI=1S/C51H33N4OS/c1-3-13-31(14-4-1)49-52-50(54-51(53-49)40-21-11-20-38-36-17-8-10-24-44(36)56-48(38)40)33-25-27-37-41-29-32(26-28-45(41)57-46(37)30-33)35-19-12-23-43-47(35)39-18-7-9-22-42(39)55(43)34-15-5-2-6-16-34/h1-13,15-31,49H,14H2/q-1. The van der Waals surface area contributed by atoms with E-state index in [9.17, 15) is 0 Å². The Morgan fingerprint density at radius 2 is 1.40 bits per heavy atom. The summed E-state index contributed by atoms with van der Waals surface area (Å²) < 4.78 is 11.3. The summed E-state index contributed by atoms with van der Waals surface area (Å²) in [7, 11) is 0. The Kier molecular flexibility index (Phi) is 7.22. The third-order valence-electron chi connectivity index (χ3n) is 11.5. The van der Waals surface area contributed by atoms with Crippen molar-refractivity contribution < 1.29 is 4.42 Å². The number of nitrogens with zero attached hydrogens (tertiary/aromatic N) is 4. The van der Waals surface area contributed by atoms with Crippen LogP contribution in [0.4, 0.5) is 0 Å². The Morgan fingerprint density at radius 1 is 0.614 bits per heavy atom. The van der Waals surface area contributed by atoms with Gasteiger partial charge in [-0.15, -0.1) is 11.3 Å². The lowest BCUT2D eigenvalue weighted by Gasteiger charge is -2.36. The van der Waals surface area contributed by atoms with Gasteiger partial charge in [-0.3, -0.25) is 4.99 Å². The zero-order valence-corrected chi connectivity index (χ0v) is 31.5. The second kappa shape index (κ2) is 12.8. The molecular weight excluding hydrogens is 717 g/mol. The van der Waals surface area contributed by atoms with Crippen LogP contribution in [-0.4, -0.2) is 22.4 Å². The van der Waals surface area contributed by atoms with Crippen LogP contribution in [0, 0.1) is 5.92 Å². The fraction of sp³-hybridized carbons (Fsp3) is 0.0588. The van der Waals surface area contributed by atoms with E-state index in [4.69, 9.17) is 19.7 Å². The lowest BCUT2D eigenvalue weighted by Crippen LogP contribution is -2.26. The van der Waals surface area contributed by atoms with Crippen LogP contribution in [0.2, 0.25) is 0 Å². The van der Waals surface area contributed by atoms with Crippen LogP contribution in [0.3, 0.4) is 0 Å². The number of para-hydroxylation sites is 4. The van der Waals surface area contributed by atoms with Crippen molar-refractivity contribution in [2.24, 2.45) is 15.9 Å². The highest BCUT2D eigenvalue weighted by Crippen LogP contribution is 2.42. The number of allylic oxidation sites excluding steroid dienone is 3. The minimum Gasteiger partial charge on any atom is -0.455 e. The molecule has 0 bridgehead atoms. The average Bonchev–Trinajstić information content (AvgIpc) is 3.96. The SMILES string of the molecule is C1=CCC(C2N=C(c3cccc4c3oc3ccccc34)N=C(c3ccc4c(c3)sc3ccc(-c5cccc6c5c5ccccc5n6-c5ccccc5)cc34)[N-]2)C=C1. The first-order chi connectivity index (χ1) is 28.2. The molecule has 1 aliphatic carbocycles. The van der Waals surface area contributed by atoms with Crippen molar-refractivity contribution in [3.8, 4) is 16.8 Å². The number of benzene rings is 7. The molecule has 2 aliphatic rings. The maximum absolute atomic E-state index is 6.45. The summed E-state index contributed by atoms with van der Waals surface area (Å²) in [5, 5.41) is 12.4. The van der Waals surface area contributed by atoms with Gasteiger partial charge in [0.2, 0.25) is 0 Å². The lowest BCUT2D eigenvalue weighted by molar-refractivity contribution is 0.570. The third kappa shape index (κ3) is 5.14. The highest BCUT2D eigenvalue weighted by Gasteiger charge is 2.22. The highest BCUT2D eigenvalue weighted by molar-refractivity contribution is 7.25. The Hall–Kier alpha value is -7.02. The summed E-state index contributed by atoms with van der Waals surface area (Å²) in [6, 6.07) is 54.1. The number of fused-ring (bicyclic) bond motifs is 9. The Bertz CT molecular complexity index is 3380. The van der Waals surface area contributed by atoms with E-state index in [2.05, 4.69) is 162 Å². The Morgan fingerprint density at radius 3 is 2.32 bits per heavy atom. The predicted molar refractivity (Wildman–Crippen MR) is 239 cm³/mol. The molecule has 0 N–H and O–H groups in total. The first-order valence-corrected chi connectivity index (χ1v) is 20.2. The smallest absolute Gasteiger partial charge is 0.144 e. The third-order valence-corrected chi connectivity index (χ3v) is 12.6. The van der Waals surface area contributed by atoms with Gasteiger partial charge >= 0.3 is 0 Å². The number of aliphatic imine (C=N–C) groups is 2. The summed E-state index contributed by atoms with van der Waals surface area (Å²) in [6.07, 6.45) is 9.18. The monoisotopic (exact) mass is 749 g/mol. The van der Waals surface area contributed by atoms with Crippen LogP contribution in [0.5, 0.6) is 0 Å². The number of rotatable bonds is 5. The second-order valence-electron chi connectivity index (χ2n) is 14.8. The second-order valence-corrected chi connectivity index (χ2v) is 15.9. The number of hydrogen-bond acceptors (Lipinski definition) is 4. The molecule has 2 atom stereocenters. The van der Waals surface area contributed by atoms with Gasteiger partial charge < -0.3 is 19.3 Å². The summed E-state index contributed by atoms with van der Waals surface area (Å²) >= 11 is 1.82. The summed E-state index contributed by atoms with van der Waals surface area (Å²) in [6.45, 7) is 0. The van der Waals surface area contributed by atoms with E-state index >= 15 is 0 Å². The molecule has 2 unspecified atom stereocenters. The quantitative estimate of drug-likeness (QED) is 0.173. The predicted octanol–water partition coefficient (Wildman–Crippen LogP) is 13.8. The van der Waals surface area contributed by atoms with Crippen molar-refractivity contribution in [3.05, 3.63) is 192 Å². The molecule has 57 heavy (non-hydrogen) atoms. The fourth-order valence-corrected chi connectivity index (χ4v) is 9.97. The number of amidine groups is 2. The molecule has 12 rings (SSSR count). The Balaban J connectivity index is 0.973. The summed E-state index contributed by atoms with van der Waals surface area (Å²) in [4.78, 5) is 10.4. The highest BCUT2D eigenvalue weighted by atomic mass is 32.1. The molecule has 0 saturated carbocycles. The number of aromatic nitrogens is 1. The van der Waals surface area contributed by atoms with E-state index in [1.165, 1.54) is 53.1 Å². The number of thiophene rings is 1. The van der Waals surface area contributed by atoms with Crippen molar-refractivity contribution in [1.82, 2.24) is 4.57 Å².